The van der Waals surface area contributed by atoms with Gasteiger partial charge in [0.1, 0.15) is 0 Å². The Balaban J connectivity index is 1.73. The molecule has 0 aliphatic carbocycles. The molecule has 2 aromatic carbocycles. The van der Waals surface area contributed by atoms with Crippen LogP contribution in [0.5, 0.6) is 11.5 Å². The summed E-state index contributed by atoms with van der Waals surface area (Å²) in [5, 5.41) is 7.88. The van der Waals surface area contributed by atoms with Crippen LogP contribution in [0, 0.1) is 6.92 Å². The molecule has 3 rings (SSSR count). The fourth-order valence-electron chi connectivity index (χ4n) is 3.18. The molecule has 1 N–H and O–H groups in total. The molecule has 1 atom stereocenters. The first-order valence-corrected chi connectivity index (χ1v) is 8.68. The summed E-state index contributed by atoms with van der Waals surface area (Å²) in [5.74, 6) is 1.55. The molecule has 5 nitrogen and oxygen atoms in total. The summed E-state index contributed by atoms with van der Waals surface area (Å²) in [4.78, 5) is 0. The van der Waals surface area contributed by atoms with Crippen LogP contribution < -0.4 is 14.8 Å². The van der Waals surface area contributed by atoms with Crippen molar-refractivity contribution in [3.8, 4) is 17.2 Å². The largest absolute Gasteiger partial charge is 0.493 e. The summed E-state index contributed by atoms with van der Waals surface area (Å²) < 4.78 is 12.8. The quantitative estimate of drug-likeness (QED) is 0.698. The van der Waals surface area contributed by atoms with Gasteiger partial charge in [0.25, 0.3) is 0 Å². The van der Waals surface area contributed by atoms with Gasteiger partial charge in [0.15, 0.2) is 11.5 Å². The molecular weight excluding hydrogens is 326 g/mol. The molecular formula is C21H25N3O2. The lowest BCUT2D eigenvalue weighted by Gasteiger charge is -2.20. The maximum absolute atomic E-state index is 5.52. The molecule has 1 unspecified atom stereocenters. The van der Waals surface area contributed by atoms with Crippen LogP contribution in [0.1, 0.15) is 29.7 Å². The summed E-state index contributed by atoms with van der Waals surface area (Å²) in [6, 6.07) is 14.5. The van der Waals surface area contributed by atoms with Gasteiger partial charge in [0, 0.05) is 25.0 Å². The topological polar surface area (TPSA) is 48.3 Å². The van der Waals surface area contributed by atoms with E-state index in [1.54, 1.807) is 20.4 Å². The van der Waals surface area contributed by atoms with Crippen molar-refractivity contribution < 1.29 is 9.47 Å². The second-order valence-corrected chi connectivity index (χ2v) is 6.24. The summed E-state index contributed by atoms with van der Waals surface area (Å²) in [6.45, 7) is 4.99. The molecule has 0 amide bonds. The second kappa shape index (κ2) is 8.06. The minimum absolute atomic E-state index is 0.183. The molecule has 0 fully saturated rings. The first kappa shape index (κ1) is 18.0. The van der Waals surface area contributed by atoms with Gasteiger partial charge in [-0.25, -0.2) is 4.68 Å². The zero-order valence-corrected chi connectivity index (χ0v) is 15.7. The van der Waals surface area contributed by atoms with Crippen molar-refractivity contribution in [3.05, 3.63) is 71.5 Å². The van der Waals surface area contributed by atoms with E-state index in [0.29, 0.717) is 0 Å². The van der Waals surface area contributed by atoms with Crippen molar-refractivity contribution >= 4 is 0 Å². The van der Waals surface area contributed by atoms with Crippen LogP contribution in [0.15, 0.2) is 54.9 Å². The average molecular weight is 351 g/mol. The molecule has 0 spiro atoms. The third-order valence-corrected chi connectivity index (χ3v) is 4.59. The van der Waals surface area contributed by atoms with Crippen LogP contribution >= 0.6 is 0 Å². The van der Waals surface area contributed by atoms with E-state index >= 15 is 0 Å². The summed E-state index contributed by atoms with van der Waals surface area (Å²) in [5.41, 5.74) is 4.57. The molecule has 0 radical (unpaired) electrons. The lowest BCUT2D eigenvalue weighted by atomic mass is 10.0. The standard InChI is InChI=1S/C21H25N3O2/c1-15-19(9-10-20(25-3)21(15)26-4)16(2)22-14-17-7-5-8-18(13-17)24-12-6-11-23-24/h5-13,16,22H,14H2,1-4H3. The van der Waals surface area contributed by atoms with E-state index in [2.05, 4.69) is 54.6 Å². The van der Waals surface area contributed by atoms with E-state index in [0.717, 1.165) is 29.3 Å². The number of nitrogens with zero attached hydrogens (tertiary/aromatic N) is 2. The number of ether oxygens (including phenoxy) is 2. The molecule has 1 heterocycles. The Hall–Kier alpha value is -2.79. The van der Waals surface area contributed by atoms with Crippen LogP contribution in [0.3, 0.4) is 0 Å². The first-order chi connectivity index (χ1) is 12.6. The first-order valence-electron chi connectivity index (χ1n) is 8.68. The van der Waals surface area contributed by atoms with E-state index in [9.17, 15) is 0 Å². The van der Waals surface area contributed by atoms with Gasteiger partial charge in [0.05, 0.1) is 19.9 Å². The highest BCUT2D eigenvalue weighted by atomic mass is 16.5. The number of methoxy groups -OCH3 is 2. The van der Waals surface area contributed by atoms with Crippen molar-refractivity contribution in [1.29, 1.82) is 0 Å². The van der Waals surface area contributed by atoms with Gasteiger partial charge >= 0.3 is 0 Å². The van der Waals surface area contributed by atoms with E-state index in [-0.39, 0.29) is 6.04 Å². The van der Waals surface area contributed by atoms with Gasteiger partial charge < -0.3 is 14.8 Å². The Morgan fingerprint density at radius 2 is 1.96 bits per heavy atom. The number of benzene rings is 2. The molecule has 26 heavy (non-hydrogen) atoms. The minimum Gasteiger partial charge on any atom is -0.493 e. The third kappa shape index (κ3) is 3.73. The summed E-state index contributed by atoms with van der Waals surface area (Å²) in [6.07, 6.45) is 3.73. The van der Waals surface area contributed by atoms with E-state index in [1.807, 2.05) is 23.0 Å². The highest BCUT2D eigenvalue weighted by Crippen LogP contribution is 2.35. The fraction of sp³-hybridized carbons (Fsp3) is 0.286. The van der Waals surface area contributed by atoms with E-state index in [4.69, 9.17) is 9.47 Å². The van der Waals surface area contributed by atoms with Crippen LogP contribution in [-0.2, 0) is 6.54 Å². The maximum atomic E-state index is 5.52. The van der Waals surface area contributed by atoms with Crippen molar-refractivity contribution in [2.45, 2.75) is 26.4 Å². The Labute approximate surface area is 154 Å². The highest BCUT2D eigenvalue weighted by molar-refractivity contribution is 5.51. The van der Waals surface area contributed by atoms with E-state index in [1.165, 1.54) is 11.1 Å². The Morgan fingerprint density at radius 1 is 1.12 bits per heavy atom. The average Bonchev–Trinajstić information content (AvgIpc) is 3.21. The second-order valence-electron chi connectivity index (χ2n) is 6.24. The molecule has 1 aromatic heterocycles. The van der Waals surface area contributed by atoms with Crippen molar-refractivity contribution in [1.82, 2.24) is 15.1 Å². The molecule has 3 aromatic rings. The Morgan fingerprint density at radius 3 is 2.65 bits per heavy atom. The van der Waals surface area contributed by atoms with Gasteiger partial charge in [-0.3, -0.25) is 0 Å². The molecule has 0 aliphatic heterocycles. The molecule has 136 valence electrons. The minimum atomic E-state index is 0.183. The molecule has 0 saturated carbocycles. The monoisotopic (exact) mass is 351 g/mol. The van der Waals surface area contributed by atoms with Crippen LogP contribution in [0.4, 0.5) is 0 Å². The number of hydrogen-bond acceptors (Lipinski definition) is 4. The predicted octanol–water partition coefficient (Wildman–Crippen LogP) is 4.05. The smallest absolute Gasteiger partial charge is 0.163 e. The normalized spacial score (nSPS) is 12.0. The van der Waals surface area contributed by atoms with Gasteiger partial charge in [-0.1, -0.05) is 18.2 Å². The third-order valence-electron chi connectivity index (χ3n) is 4.59. The molecule has 0 aliphatic rings. The van der Waals surface area contributed by atoms with Gasteiger partial charge in [0.2, 0.25) is 0 Å². The lowest BCUT2D eigenvalue weighted by Crippen LogP contribution is -2.19. The highest BCUT2D eigenvalue weighted by Gasteiger charge is 2.15. The maximum Gasteiger partial charge on any atom is 0.163 e. The van der Waals surface area contributed by atoms with Crippen LogP contribution in [-0.4, -0.2) is 24.0 Å². The SMILES string of the molecule is COc1ccc(C(C)NCc2cccc(-n3cccn3)c2)c(C)c1OC. The predicted molar refractivity (Wildman–Crippen MR) is 103 cm³/mol. The fourth-order valence-corrected chi connectivity index (χ4v) is 3.18. The van der Waals surface area contributed by atoms with Crippen molar-refractivity contribution in [2.75, 3.05) is 14.2 Å². The Kier molecular flexibility index (Phi) is 5.58. The van der Waals surface area contributed by atoms with Crippen molar-refractivity contribution in [2.24, 2.45) is 0 Å². The lowest BCUT2D eigenvalue weighted by molar-refractivity contribution is 0.351. The zero-order valence-electron chi connectivity index (χ0n) is 15.7. The van der Waals surface area contributed by atoms with Gasteiger partial charge in [-0.2, -0.15) is 5.10 Å². The number of aromatic nitrogens is 2. The molecule has 0 bridgehead atoms. The van der Waals surface area contributed by atoms with Gasteiger partial charge in [-0.15, -0.1) is 0 Å². The summed E-state index contributed by atoms with van der Waals surface area (Å²) in [7, 11) is 3.33. The van der Waals surface area contributed by atoms with Crippen LogP contribution in [0.2, 0.25) is 0 Å². The van der Waals surface area contributed by atoms with Crippen LogP contribution in [0.25, 0.3) is 5.69 Å². The van der Waals surface area contributed by atoms with E-state index < -0.39 is 0 Å². The zero-order chi connectivity index (χ0) is 18.5. The van der Waals surface area contributed by atoms with Crippen molar-refractivity contribution in [3.63, 3.8) is 0 Å². The summed E-state index contributed by atoms with van der Waals surface area (Å²) >= 11 is 0. The van der Waals surface area contributed by atoms with Gasteiger partial charge in [-0.05, 0) is 54.8 Å². The molecule has 0 saturated heterocycles. The number of rotatable bonds is 7. The molecule has 5 heteroatoms. The number of nitrogens with one attached hydrogen (secondary N) is 1. The Bertz CT molecular complexity index is 860. The number of hydrogen-bond donors (Lipinski definition) is 1.